The van der Waals surface area contributed by atoms with Crippen molar-refractivity contribution in [3.05, 3.63) is 29.3 Å². The molecule has 55 heavy (non-hydrogen) atoms. The molecule has 1 amide bonds. The zero-order valence-electron chi connectivity index (χ0n) is 32.6. The number of aliphatic hydroxyl groups excluding tert-OH is 1. The zero-order chi connectivity index (χ0) is 39.2. The Morgan fingerprint density at radius 1 is 0.927 bits per heavy atom. The molecule has 0 aromatic heterocycles. The van der Waals surface area contributed by atoms with Gasteiger partial charge in [0.1, 0.15) is 17.3 Å². The number of likely N-dealkylation sites (tertiary alicyclic amines) is 1. The maximum atomic E-state index is 13.3. The summed E-state index contributed by atoms with van der Waals surface area (Å²) in [6.07, 6.45) is 7.19. The van der Waals surface area contributed by atoms with Crippen LogP contribution in [0, 0.1) is 23.2 Å². The highest BCUT2D eigenvalue weighted by molar-refractivity contribution is 7.91. The number of benzene rings is 1. The molecule has 6 rings (SSSR count). The first-order valence-electron chi connectivity index (χ1n) is 21.2. The van der Waals surface area contributed by atoms with Gasteiger partial charge < -0.3 is 24.0 Å². The van der Waals surface area contributed by atoms with Crippen LogP contribution >= 0.6 is 0 Å². The quantitative estimate of drug-likeness (QED) is 0.102. The van der Waals surface area contributed by atoms with E-state index in [4.69, 9.17) is 9.47 Å². The minimum absolute atomic E-state index is 0.0283. The molecule has 3 aliphatic carbocycles. The first-order chi connectivity index (χ1) is 26.3. The number of piperidine rings is 1. The number of unbranched alkanes of at least 4 members (excludes halogenated alkanes) is 6. The Hall–Kier alpha value is -1.67. The van der Waals surface area contributed by atoms with Crippen LogP contribution < -0.4 is 4.74 Å². The van der Waals surface area contributed by atoms with Crippen molar-refractivity contribution in [3.63, 3.8) is 0 Å². The highest BCUT2D eigenvalue weighted by atomic mass is 32.2. The summed E-state index contributed by atoms with van der Waals surface area (Å²) in [5.74, 6) is -1.89. The van der Waals surface area contributed by atoms with Crippen LogP contribution in [0.1, 0.15) is 127 Å². The number of aliphatic hydroxyl groups is 1. The number of rotatable bonds is 16. The number of hydrogen-bond donors (Lipinski definition) is 1. The van der Waals surface area contributed by atoms with E-state index in [2.05, 4.69) is 24.0 Å². The Bertz CT molecular complexity index is 1390. The van der Waals surface area contributed by atoms with E-state index in [-0.39, 0.29) is 23.4 Å². The lowest BCUT2D eigenvalue weighted by Gasteiger charge is -2.53. The van der Waals surface area contributed by atoms with Crippen LogP contribution in [0.25, 0.3) is 0 Å². The number of ether oxygens (including phenoxy) is 2. The lowest BCUT2D eigenvalue weighted by molar-refractivity contribution is -0.284. The van der Waals surface area contributed by atoms with Crippen molar-refractivity contribution < 1.29 is 45.9 Å². The number of carbonyl (C=O) groups is 1. The third kappa shape index (κ3) is 10.5. The second-order valence-electron chi connectivity index (χ2n) is 17.4. The largest absolute Gasteiger partial charge is 0.616 e. The van der Waals surface area contributed by atoms with Gasteiger partial charge in [0.05, 0.1) is 19.3 Å². The lowest BCUT2D eigenvalue weighted by Crippen LogP contribution is -2.50. The predicted octanol–water partition coefficient (Wildman–Crippen LogP) is 9.27. The molecule has 312 valence electrons. The molecule has 2 heterocycles. The molecule has 7 nitrogen and oxygen atoms in total. The molecule has 2 aliphatic heterocycles. The number of hydrogen-bond acceptors (Lipinski definition) is 6. The molecule has 4 fully saturated rings. The molecule has 0 spiro atoms. The summed E-state index contributed by atoms with van der Waals surface area (Å²) in [4.78, 5) is 17.6. The molecule has 2 unspecified atom stereocenters. The van der Waals surface area contributed by atoms with Crippen molar-refractivity contribution in [1.29, 1.82) is 0 Å². The summed E-state index contributed by atoms with van der Waals surface area (Å²) in [5, 5.41) is 11.1. The Kier molecular flexibility index (Phi) is 14.8. The predicted molar refractivity (Wildman–Crippen MR) is 204 cm³/mol. The number of morpholine rings is 1. The maximum Gasteiger partial charge on any atom is 0.453 e. The highest BCUT2D eigenvalue weighted by Gasteiger charge is 2.57. The van der Waals surface area contributed by atoms with Crippen molar-refractivity contribution in [2.75, 3.05) is 50.9 Å². The number of fused-ring (bicyclic) bond motifs is 5. The summed E-state index contributed by atoms with van der Waals surface area (Å²) < 4.78 is 86.8. The molecule has 7 atom stereocenters. The van der Waals surface area contributed by atoms with Crippen LogP contribution in [0.5, 0.6) is 5.75 Å². The van der Waals surface area contributed by atoms with E-state index in [0.717, 1.165) is 116 Å². The lowest BCUT2D eigenvalue weighted by atomic mass is 9.52. The average Bonchev–Trinajstić information content (AvgIpc) is 3.47. The van der Waals surface area contributed by atoms with E-state index in [1.54, 1.807) is 0 Å². The summed E-state index contributed by atoms with van der Waals surface area (Å²) in [5.41, 5.74) is 2.67. The molecule has 0 radical (unpaired) electrons. The van der Waals surface area contributed by atoms with E-state index in [9.17, 15) is 36.4 Å². The Morgan fingerprint density at radius 3 is 2.31 bits per heavy atom. The fourth-order valence-corrected chi connectivity index (χ4v) is 12.1. The molecular formula is C42H63F5N2O5S. The number of nitrogens with zero attached hydrogens (tertiary/aromatic N) is 2. The molecule has 13 heteroatoms. The summed E-state index contributed by atoms with van der Waals surface area (Å²) in [6, 6.07) is 6.82. The fraction of sp³-hybridized carbons (Fsp3) is 0.833. The van der Waals surface area contributed by atoms with Gasteiger partial charge in [-0.2, -0.15) is 22.0 Å². The SMILES string of the molecule is C[C@]12CC[C@@H]3c4ccc(OC(=O)N5CCC(N6CCOCC6)CC5)cc4C[C@@H](CCCCCCCCC[S+]([O-])CCCC(F)(F)C(F)(F)F)[C@H]3[C@@H]1CCC2O. The molecular weight excluding hydrogens is 740 g/mol. The van der Waals surface area contributed by atoms with Gasteiger partial charge in [-0.25, -0.2) is 4.79 Å². The van der Waals surface area contributed by atoms with Crippen molar-refractivity contribution in [1.82, 2.24) is 9.80 Å². The van der Waals surface area contributed by atoms with Gasteiger partial charge in [-0.05, 0) is 123 Å². The van der Waals surface area contributed by atoms with Crippen LogP contribution in [-0.4, -0.2) is 101 Å². The smallest absolute Gasteiger partial charge is 0.453 e. The van der Waals surface area contributed by atoms with Crippen LogP contribution in [0.15, 0.2) is 18.2 Å². The van der Waals surface area contributed by atoms with Crippen molar-refractivity contribution in [2.45, 2.75) is 146 Å². The van der Waals surface area contributed by atoms with Gasteiger partial charge in [0.2, 0.25) is 0 Å². The van der Waals surface area contributed by atoms with Gasteiger partial charge in [0.25, 0.3) is 0 Å². The maximum absolute atomic E-state index is 13.3. The van der Waals surface area contributed by atoms with Gasteiger partial charge >= 0.3 is 18.2 Å². The summed E-state index contributed by atoms with van der Waals surface area (Å²) >= 11 is -1.38. The van der Waals surface area contributed by atoms with E-state index >= 15 is 0 Å². The Morgan fingerprint density at radius 2 is 1.60 bits per heavy atom. The molecule has 1 aromatic rings. The molecule has 0 bridgehead atoms. The second kappa shape index (κ2) is 18.9. The van der Waals surface area contributed by atoms with E-state index in [1.165, 1.54) is 11.1 Å². The van der Waals surface area contributed by atoms with Crippen LogP contribution in [0.3, 0.4) is 0 Å². The number of halogens is 5. The van der Waals surface area contributed by atoms with Crippen molar-refractivity contribution >= 4 is 17.3 Å². The first kappa shape index (κ1) is 42.9. The van der Waals surface area contributed by atoms with Gasteiger partial charge in [-0.3, -0.25) is 4.90 Å². The van der Waals surface area contributed by atoms with Crippen LogP contribution in [-0.2, 0) is 22.3 Å². The normalized spacial score (nSPS) is 29.7. The molecule has 1 aromatic carbocycles. The number of amides is 1. The minimum Gasteiger partial charge on any atom is -0.616 e. The summed E-state index contributed by atoms with van der Waals surface area (Å²) in [6.45, 7) is 7.19. The van der Waals surface area contributed by atoms with Gasteiger partial charge in [-0.15, -0.1) is 0 Å². The topological polar surface area (TPSA) is 85.3 Å². The van der Waals surface area contributed by atoms with Crippen molar-refractivity contribution in [3.8, 4) is 5.75 Å². The molecule has 5 aliphatic rings. The molecule has 2 saturated carbocycles. The van der Waals surface area contributed by atoms with Gasteiger partial charge in [0, 0.05) is 38.6 Å². The second-order valence-corrected chi connectivity index (χ2v) is 19.1. The molecule has 1 N–H and O–H groups in total. The highest BCUT2D eigenvalue weighted by Crippen LogP contribution is 2.62. The number of alkyl halides is 5. The zero-order valence-corrected chi connectivity index (χ0v) is 33.5. The minimum atomic E-state index is -5.56. The number of carbonyl (C=O) groups excluding carboxylic acids is 1. The van der Waals surface area contributed by atoms with E-state index in [1.807, 2.05) is 11.0 Å². The van der Waals surface area contributed by atoms with Crippen LogP contribution in [0.4, 0.5) is 26.7 Å². The monoisotopic (exact) mass is 802 g/mol. The van der Waals surface area contributed by atoms with Crippen LogP contribution in [0.2, 0.25) is 0 Å². The van der Waals surface area contributed by atoms with Gasteiger partial charge in [0.15, 0.2) is 0 Å². The van der Waals surface area contributed by atoms with E-state index in [0.29, 0.717) is 60.7 Å². The average molecular weight is 803 g/mol. The Balaban J connectivity index is 0.959. The molecule has 2 saturated heterocycles. The first-order valence-corrected chi connectivity index (χ1v) is 22.6. The summed E-state index contributed by atoms with van der Waals surface area (Å²) in [7, 11) is 0. The standard InChI is InChI=1S/C42H63F5N2O5S/c1-40-19-15-35-34-12-11-33(54-39(51)49-20-16-32(17-21-49)48-22-24-53-25-23-48)29-31(34)28-30(38(35)36(40)13-14-37(40)50)10-7-5-3-2-4-6-8-26-55(52)27-9-18-41(43,44)42(45,46)47/h11-12,29-30,32,35-38,50H,2-10,13-28H2,1H3/t30-,35-,36+,37?,38-,40+,55?/m1/s1. The van der Waals surface area contributed by atoms with Crippen molar-refractivity contribution in [2.24, 2.45) is 23.2 Å². The third-order valence-corrected chi connectivity index (χ3v) is 15.5. The fourth-order valence-electron chi connectivity index (χ4n) is 10.9. The van der Waals surface area contributed by atoms with Gasteiger partial charge in [-0.1, -0.05) is 56.3 Å². The van der Waals surface area contributed by atoms with E-state index < -0.39 is 36.1 Å². The third-order valence-electron chi connectivity index (χ3n) is 14.0. The Labute approximate surface area is 327 Å².